The van der Waals surface area contributed by atoms with Crippen LogP contribution in [0.1, 0.15) is 17.5 Å². The van der Waals surface area contributed by atoms with E-state index in [2.05, 4.69) is 10.6 Å². The Hall–Kier alpha value is -1.11. The average Bonchev–Trinajstić information content (AvgIpc) is 2.48. The molecule has 2 N–H and O–H groups in total. The molecule has 0 spiro atoms. The van der Waals surface area contributed by atoms with Gasteiger partial charge in [0.05, 0.1) is 13.2 Å². The first-order chi connectivity index (χ1) is 10.2. The van der Waals surface area contributed by atoms with Crippen molar-refractivity contribution in [2.45, 2.75) is 24.8 Å². The van der Waals surface area contributed by atoms with Crippen molar-refractivity contribution in [3.63, 3.8) is 0 Å². The number of benzene rings is 1. The second-order valence-electron chi connectivity index (χ2n) is 5.05. The number of nitrogens with one attached hydrogen (secondary N) is 2. The fourth-order valence-electron chi connectivity index (χ4n) is 2.30. The summed E-state index contributed by atoms with van der Waals surface area (Å²) in [5.41, 5.74) is 1.90. The molecule has 1 aromatic carbocycles. The predicted molar refractivity (Wildman–Crippen MR) is 82.7 cm³/mol. The average molecular weight is 312 g/mol. The van der Waals surface area contributed by atoms with Gasteiger partial charge in [0.25, 0.3) is 0 Å². The molecule has 1 aliphatic rings. The lowest BCUT2D eigenvalue weighted by Crippen LogP contribution is -2.44. The Bertz CT molecular complexity index is 479. The molecule has 0 aliphatic carbocycles. The van der Waals surface area contributed by atoms with Gasteiger partial charge in [0, 0.05) is 31.3 Å². The number of morpholine rings is 1. The van der Waals surface area contributed by atoms with Crippen LogP contribution in [0.5, 0.6) is 0 Å². The summed E-state index contributed by atoms with van der Waals surface area (Å²) in [6.45, 7) is 2.49. The maximum absolute atomic E-state index is 13.3. The van der Waals surface area contributed by atoms with Crippen LogP contribution in [-0.4, -0.2) is 38.0 Å². The zero-order valence-electron chi connectivity index (χ0n) is 12.2. The van der Waals surface area contributed by atoms with Crippen molar-refractivity contribution in [1.29, 1.82) is 0 Å². The van der Waals surface area contributed by atoms with Gasteiger partial charge in [0.2, 0.25) is 5.91 Å². The minimum Gasteiger partial charge on any atom is -0.378 e. The molecule has 116 valence electrons. The molecular weight excluding hydrogens is 291 g/mol. The number of hydrogen-bond donors (Lipinski definition) is 2. The Morgan fingerprint density at radius 1 is 1.52 bits per heavy atom. The molecule has 4 nitrogen and oxygen atoms in total. The van der Waals surface area contributed by atoms with Gasteiger partial charge in [-0.05, 0) is 29.5 Å². The van der Waals surface area contributed by atoms with Gasteiger partial charge in [-0.25, -0.2) is 4.39 Å². The van der Waals surface area contributed by atoms with Crippen molar-refractivity contribution in [3.05, 3.63) is 35.1 Å². The van der Waals surface area contributed by atoms with Gasteiger partial charge in [-0.2, -0.15) is 11.8 Å². The highest BCUT2D eigenvalue weighted by Crippen LogP contribution is 2.16. The van der Waals surface area contributed by atoms with E-state index >= 15 is 0 Å². The summed E-state index contributed by atoms with van der Waals surface area (Å²) in [6, 6.07) is 4.79. The first kappa shape index (κ1) is 16.3. The minimum absolute atomic E-state index is 0.0163. The lowest BCUT2D eigenvalue weighted by Gasteiger charge is -2.23. The van der Waals surface area contributed by atoms with E-state index in [9.17, 15) is 9.18 Å². The minimum atomic E-state index is -0.238. The van der Waals surface area contributed by atoms with E-state index < -0.39 is 0 Å². The second-order valence-corrected chi connectivity index (χ2v) is 5.92. The van der Waals surface area contributed by atoms with Crippen LogP contribution >= 0.6 is 11.8 Å². The van der Waals surface area contributed by atoms with E-state index in [-0.39, 0.29) is 17.8 Å². The molecule has 1 heterocycles. The quantitative estimate of drug-likeness (QED) is 0.839. The molecule has 1 amide bonds. The summed E-state index contributed by atoms with van der Waals surface area (Å²) < 4.78 is 18.6. The fraction of sp³-hybridized carbons (Fsp3) is 0.533. The topological polar surface area (TPSA) is 50.4 Å². The van der Waals surface area contributed by atoms with Gasteiger partial charge in [-0.15, -0.1) is 0 Å². The first-order valence-corrected chi connectivity index (χ1v) is 8.42. The Labute approximate surface area is 128 Å². The van der Waals surface area contributed by atoms with Crippen LogP contribution in [0.4, 0.5) is 4.39 Å². The van der Waals surface area contributed by atoms with Crippen LogP contribution in [0.25, 0.3) is 0 Å². The zero-order chi connectivity index (χ0) is 15.1. The lowest BCUT2D eigenvalue weighted by atomic mass is 10.1. The van der Waals surface area contributed by atoms with Crippen LogP contribution in [0.15, 0.2) is 18.2 Å². The van der Waals surface area contributed by atoms with Crippen LogP contribution in [0.2, 0.25) is 0 Å². The summed E-state index contributed by atoms with van der Waals surface area (Å²) in [7, 11) is 0. The molecule has 0 aromatic heterocycles. The van der Waals surface area contributed by atoms with Crippen molar-refractivity contribution in [1.82, 2.24) is 10.6 Å². The Kier molecular flexibility index (Phi) is 6.48. The van der Waals surface area contributed by atoms with E-state index in [1.165, 1.54) is 12.1 Å². The summed E-state index contributed by atoms with van der Waals surface area (Å²) >= 11 is 1.63. The van der Waals surface area contributed by atoms with Crippen molar-refractivity contribution < 1.29 is 13.9 Å². The number of carbonyl (C=O) groups is 1. The molecular formula is C15H21FN2O2S. The molecule has 1 saturated heterocycles. The van der Waals surface area contributed by atoms with E-state index in [0.29, 0.717) is 26.2 Å². The molecule has 1 atom stereocenters. The maximum Gasteiger partial charge on any atom is 0.221 e. The molecule has 0 bridgehead atoms. The predicted octanol–water partition coefficient (Wildman–Crippen LogP) is 1.68. The van der Waals surface area contributed by atoms with Crippen molar-refractivity contribution >= 4 is 17.7 Å². The number of halogens is 1. The molecule has 2 rings (SSSR count). The van der Waals surface area contributed by atoms with Crippen molar-refractivity contribution in [2.24, 2.45) is 0 Å². The number of thioether (sulfide) groups is 1. The van der Waals surface area contributed by atoms with Crippen LogP contribution in [-0.2, 0) is 21.8 Å². The first-order valence-electron chi connectivity index (χ1n) is 7.03. The normalized spacial score (nSPS) is 18.5. The third-order valence-electron chi connectivity index (χ3n) is 3.37. The lowest BCUT2D eigenvalue weighted by molar-refractivity contribution is -0.122. The van der Waals surface area contributed by atoms with Crippen molar-refractivity contribution in [2.75, 3.05) is 26.0 Å². The highest BCUT2D eigenvalue weighted by atomic mass is 32.2. The standard InChI is InChI=1S/C15H21FN2O2S/c1-21-10-12-6-13(16)3-2-11(12)8-18-15(19)7-14-9-20-5-4-17-14/h2-3,6,14,17H,4-5,7-10H2,1H3,(H,18,19). The monoisotopic (exact) mass is 312 g/mol. The number of carbonyl (C=O) groups excluding carboxylic acids is 1. The molecule has 1 aromatic rings. The van der Waals surface area contributed by atoms with Gasteiger partial charge in [-0.3, -0.25) is 4.79 Å². The third-order valence-corrected chi connectivity index (χ3v) is 3.97. The van der Waals surface area contributed by atoms with Gasteiger partial charge < -0.3 is 15.4 Å². The van der Waals surface area contributed by atoms with E-state index in [0.717, 1.165) is 23.4 Å². The van der Waals surface area contributed by atoms with E-state index in [1.54, 1.807) is 17.8 Å². The number of ether oxygens (including phenoxy) is 1. The molecule has 1 fully saturated rings. The van der Waals surface area contributed by atoms with Crippen molar-refractivity contribution in [3.8, 4) is 0 Å². The largest absolute Gasteiger partial charge is 0.378 e. The maximum atomic E-state index is 13.3. The van der Waals surface area contributed by atoms with Crippen LogP contribution in [0.3, 0.4) is 0 Å². The van der Waals surface area contributed by atoms with Gasteiger partial charge >= 0.3 is 0 Å². The fourth-order valence-corrected chi connectivity index (χ4v) is 2.88. The SMILES string of the molecule is CSCc1cc(F)ccc1CNC(=O)CC1COCCN1. The zero-order valence-corrected chi connectivity index (χ0v) is 13.0. The van der Waals surface area contributed by atoms with Crippen LogP contribution < -0.4 is 10.6 Å². The molecule has 21 heavy (non-hydrogen) atoms. The molecule has 0 saturated carbocycles. The second kappa shape index (κ2) is 8.36. The third kappa shape index (κ3) is 5.30. The summed E-state index contributed by atoms with van der Waals surface area (Å²) in [6.07, 6.45) is 2.38. The number of amides is 1. The summed E-state index contributed by atoms with van der Waals surface area (Å²) in [4.78, 5) is 11.9. The Morgan fingerprint density at radius 2 is 2.38 bits per heavy atom. The molecule has 0 radical (unpaired) electrons. The van der Waals surface area contributed by atoms with Crippen LogP contribution in [0, 0.1) is 5.82 Å². The Morgan fingerprint density at radius 3 is 3.10 bits per heavy atom. The van der Waals surface area contributed by atoms with Gasteiger partial charge in [0.1, 0.15) is 5.82 Å². The van der Waals surface area contributed by atoms with Gasteiger partial charge in [-0.1, -0.05) is 6.07 Å². The Balaban J connectivity index is 1.85. The summed E-state index contributed by atoms with van der Waals surface area (Å²) in [5, 5.41) is 6.15. The smallest absolute Gasteiger partial charge is 0.221 e. The van der Waals surface area contributed by atoms with Gasteiger partial charge in [0.15, 0.2) is 0 Å². The molecule has 1 aliphatic heterocycles. The summed E-state index contributed by atoms with van der Waals surface area (Å²) in [5.74, 6) is 0.483. The van der Waals surface area contributed by atoms with E-state index in [4.69, 9.17) is 4.74 Å². The number of rotatable bonds is 6. The molecule has 6 heteroatoms. The van der Waals surface area contributed by atoms with E-state index in [1.807, 2.05) is 6.26 Å². The highest BCUT2D eigenvalue weighted by molar-refractivity contribution is 7.97. The number of hydrogen-bond acceptors (Lipinski definition) is 4. The highest BCUT2D eigenvalue weighted by Gasteiger charge is 2.16. The molecule has 1 unspecified atom stereocenters.